The number of imidazole rings is 1. The Morgan fingerprint density at radius 1 is 1.47 bits per heavy atom. The summed E-state index contributed by atoms with van der Waals surface area (Å²) < 4.78 is 2.89. The van der Waals surface area contributed by atoms with Crippen LogP contribution in [0.5, 0.6) is 0 Å². The molecular formula is C10H11BrN4. The van der Waals surface area contributed by atoms with Crippen molar-refractivity contribution in [2.24, 2.45) is 5.73 Å². The first-order chi connectivity index (χ1) is 7.22. The summed E-state index contributed by atoms with van der Waals surface area (Å²) in [7, 11) is 0. The molecule has 2 heterocycles. The summed E-state index contributed by atoms with van der Waals surface area (Å²) >= 11 is 3.42. The van der Waals surface area contributed by atoms with E-state index in [1.807, 2.05) is 23.8 Å². The van der Waals surface area contributed by atoms with E-state index < -0.39 is 0 Å². The summed E-state index contributed by atoms with van der Waals surface area (Å²) in [5.74, 6) is 1.65. The quantitative estimate of drug-likeness (QED) is 0.902. The highest BCUT2D eigenvalue weighted by Crippen LogP contribution is 2.17. The molecule has 0 aromatic carbocycles. The highest BCUT2D eigenvalue weighted by atomic mass is 79.9. The second kappa shape index (κ2) is 4.12. The van der Waals surface area contributed by atoms with Crippen LogP contribution in [0.15, 0.2) is 29.1 Å². The van der Waals surface area contributed by atoms with Crippen LogP contribution in [-0.2, 0) is 6.54 Å². The third-order valence-corrected chi connectivity index (χ3v) is 3.01. The molecule has 0 fully saturated rings. The maximum atomic E-state index is 5.58. The van der Waals surface area contributed by atoms with E-state index in [2.05, 4.69) is 25.9 Å². The van der Waals surface area contributed by atoms with Gasteiger partial charge in [0.2, 0.25) is 0 Å². The molecule has 0 saturated heterocycles. The molecule has 0 aliphatic heterocycles. The molecule has 0 unspecified atom stereocenters. The Morgan fingerprint density at radius 2 is 2.27 bits per heavy atom. The molecule has 0 amide bonds. The van der Waals surface area contributed by atoms with Gasteiger partial charge in [0.05, 0.1) is 6.54 Å². The van der Waals surface area contributed by atoms with E-state index in [1.165, 1.54) is 0 Å². The first kappa shape index (κ1) is 10.3. The zero-order valence-corrected chi connectivity index (χ0v) is 9.90. The minimum atomic E-state index is 0.407. The lowest BCUT2D eigenvalue weighted by Gasteiger charge is -2.06. The largest absolute Gasteiger partial charge is 0.324 e. The minimum Gasteiger partial charge on any atom is -0.324 e. The van der Waals surface area contributed by atoms with E-state index >= 15 is 0 Å². The lowest BCUT2D eigenvalue weighted by molar-refractivity contribution is 0.846. The number of hydrogen-bond donors (Lipinski definition) is 1. The Balaban J connectivity index is 2.50. The highest BCUT2D eigenvalue weighted by molar-refractivity contribution is 9.10. The Labute approximate surface area is 96.3 Å². The molecule has 4 nitrogen and oxygen atoms in total. The van der Waals surface area contributed by atoms with Crippen molar-refractivity contribution in [1.82, 2.24) is 14.5 Å². The normalized spacial score (nSPS) is 10.6. The molecule has 2 rings (SSSR count). The van der Waals surface area contributed by atoms with Crippen LogP contribution in [0.2, 0.25) is 0 Å². The SMILES string of the molecule is Cc1cc(-n2ccnc2CN)ncc1Br. The highest BCUT2D eigenvalue weighted by Gasteiger charge is 2.05. The van der Waals surface area contributed by atoms with Crippen molar-refractivity contribution < 1.29 is 0 Å². The molecule has 2 N–H and O–H groups in total. The monoisotopic (exact) mass is 266 g/mol. The maximum absolute atomic E-state index is 5.58. The fourth-order valence-corrected chi connectivity index (χ4v) is 1.57. The Kier molecular flexibility index (Phi) is 2.83. The van der Waals surface area contributed by atoms with Crippen LogP contribution < -0.4 is 5.73 Å². The second-order valence-electron chi connectivity index (χ2n) is 3.21. The molecule has 0 aliphatic carbocycles. The van der Waals surface area contributed by atoms with Crippen molar-refractivity contribution in [3.8, 4) is 5.82 Å². The van der Waals surface area contributed by atoms with Gasteiger partial charge in [0, 0.05) is 23.1 Å². The first-order valence-electron chi connectivity index (χ1n) is 4.57. The molecule has 78 valence electrons. The van der Waals surface area contributed by atoms with Gasteiger partial charge in [-0.05, 0) is 34.5 Å². The smallest absolute Gasteiger partial charge is 0.138 e. The molecule has 0 spiro atoms. The Hall–Kier alpha value is -1.20. The lowest BCUT2D eigenvalue weighted by Crippen LogP contribution is -2.07. The summed E-state index contributed by atoms with van der Waals surface area (Å²) in [6, 6.07) is 1.99. The molecule has 15 heavy (non-hydrogen) atoms. The van der Waals surface area contributed by atoms with Crippen LogP contribution in [0.4, 0.5) is 0 Å². The molecule has 0 aliphatic rings. The number of pyridine rings is 1. The lowest BCUT2D eigenvalue weighted by atomic mass is 10.3. The Bertz CT molecular complexity index is 478. The van der Waals surface area contributed by atoms with Crippen molar-refractivity contribution in [2.75, 3.05) is 0 Å². The number of halogens is 1. The minimum absolute atomic E-state index is 0.407. The molecule has 5 heteroatoms. The van der Waals surface area contributed by atoms with Crippen LogP contribution in [0.25, 0.3) is 5.82 Å². The molecular weight excluding hydrogens is 256 g/mol. The third-order valence-electron chi connectivity index (χ3n) is 2.18. The average Bonchev–Trinajstić information content (AvgIpc) is 2.70. The van der Waals surface area contributed by atoms with Gasteiger partial charge in [-0.3, -0.25) is 4.57 Å². The van der Waals surface area contributed by atoms with Gasteiger partial charge < -0.3 is 5.73 Å². The number of aromatic nitrogens is 3. The molecule has 0 atom stereocenters. The number of rotatable bonds is 2. The van der Waals surface area contributed by atoms with E-state index in [0.717, 1.165) is 21.7 Å². The average molecular weight is 267 g/mol. The third kappa shape index (κ3) is 1.93. The summed E-state index contributed by atoms with van der Waals surface area (Å²) in [6.45, 7) is 2.43. The van der Waals surface area contributed by atoms with Gasteiger partial charge in [0.15, 0.2) is 0 Å². The second-order valence-corrected chi connectivity index (χ2v) is 4.06. The van der Waals surface area contributed by atoms with Crippen LogP contribution >= 0.6 is 15.9 Å². The van der Waals surface area contributed by atoms with E-state index in [1.54, 1.807) is 12.4 Å². The fourth-order valence-electron chi connectivity index (χ4n) is 1.35. The predicted molar refractivity (Wildman–Crippen MR) is 61.7 cm³/mol. The van der Waals surface area contributed by atoms with E-state index in [0.29, 0.717) is 6.54 Å². The van der Waals surface area contributed by atoms with Gasteiger partial charge in [-0.2, -0.15) is 0 Å². The molecule has 0 radical (unpaired) electrons. The number of nitrogens with two attached hydrogens (primary N) is 1. The van der Waals surface area contributed by atoms with Crippen molar-refractivity contribution >= 4 is 15.9 Å². The van der Waals surface area contributed by atoms with Crippen LogP contribution in [0, 0.1) is 6.92 Å². The van der Waals surface area contributed by atoms with Crippen LogP contribution in [-0.4, -0.2) is 14.5 Å². The summed E-state index contributed by atoms with van der Waals surface area (Å²) in [4.78, 5) is 8.46. The zero-order chi connectivity index (χ0) is 10.8. The van der Waals surface area contributed by atoms with Crippen LogP contribution in [0.3, 0.4) is 0 Å². The van der Waals surface area contributed by atoms with Gasteiger partial charge in [-0.25, -0.2) is 9.97 Å². The molecule has 2 aromatic rings. The molecule has 2 aromatic heterocycles. The topological polar surface area (TPSA) is 56.7 Å². The van der Waals surface area contributed by atoms with Gasteiger partial charge in [0.1, 0.15) is 11.6 Å². The van der Waals surface area contributed by atoms with Gasteiger partial charge >= 0.3 is 0 Å². The van der Waals surface area contributed by atoms with Crippen molar-refractivity contribution in [1.29, 1.82) is 0 Å². The van der Waals surface area contributed by atoms with Crippen molar-refractivity contribution in [3.63, 3.8) is 0 Å². The maximum Gasteiger partial charge on any atom is 0.138 e. The fraction of sp³-hybridized carbons (Fsp3) is 0.200. The van der Waals surface area contributed by atoms with Crippen molar-refractivity contribution in [3.05, 3.63) is 40.5 Å². The van der Waals surface area contributed by atoms with E-state index in [4.69, 9.17) is 5.73 Å². The first-order valence-corrected chi connectivity index (χ1v) is 5.36. The molecule has 0 saturated carbocycles. The van der Waals surface area contributed by atoms with Crippen LogP contribution in [0.1, 0.15) is 11.4 Å². The summed E-state index contributed by atoms with van der Waals surface area (Å²) in [6.07, 6.45) is 5.37. The van der Waals surface area contributed by atoms with E-state index in [-0.39, 0.29) is 0 Å². The van der Waals surface area contributed by atoms with Gasteiger partial charge in [0.25, 0.3) is 0 Å². The van der Waals surface area contributed by atoms with E-state index in [9.17, 15) is 0 Å². The number of hydrogen-bond acceptors (Lipinski definition) is 3. The molecule has 0 bridgehead atoms. The summed E-state index contributed by atoms with van der Waals surface area (Å²) in [5, 5.41) is 0. The van der Waals surface area contributed by atoms with Crippen molar-refractivity contribution in [2.45, 2.75) is 13.5 Å². The van der Waals surface area contributed by atoms with Gasteiger partial charge in [-0.15, -0.1) is 0 Å². The Morgan fingerprint density at radius 3 is 2.93 bits per heavy atom. The zero-order valence-electron chi connectivity index (χ0n) is 8.31. The summed E-state index contributed by atoms with van der Waals surface area (Å²) in [5.41, 5.74) is 6.72. The number of aryl methyl sites for hydroxylation is 1. The standard InChI is InChI=1S/C10H11BrN4/c1-7-4-9(14-6-8(7)11)15-3-2-13-10(15)5-12/h2-4,6H,5,12H2,1H3. The number of nitrogens with zero attached hydrogens (tertiary/aromatic N) is 3. The predicted octanol–water partition coefficient (Wildman–Crippen LogP) is 1.80. The van der Waals surface area contributed by atoms with Gasteiger partial charge in [-0.1, -0.05) is 0 Å².